The van der Waals surface area contributed by atoms with Gasteiger partial charge in [0.05, 0.1) is 29.5 Å². The van der Waals surface area contributed by atoms with Crippen LogP contribution >= 0.6 is 0 Å². The van der Waals surface area contributed by atoms with Crippen molar-refractivity contribution in [3.05, 3.63) is 112 Å². The van der Waals surface area contributed by atoms with Crippen molar-refractivity contribution in [3.63, 3.8) is 0 Å². The standard InChI is InChI=1S/C27H19FN4O2/c28-19-8-3-1-6-16(19)24-18(14-29)27-31-26(30)17-7-2-4-9-20(17)32(27)21-12-15(13-22(33)25(21)24)23-10-5-11-34-23/h1-11,15,24H,12-13H2,(H2,30,31). The number of anilines is 1. The highest BCUT2D eigenvalue weighted by Gasteiger charge is 2.46. The maximum absolute atomic E-state index is 15.1. The topological polar surface area (TPSA) is 95.6 Å². The zero-order valence-corrected chi connectivity index (χ0v) is 18.0. The number of nitrogens with two attached hydrogens (primary N) is 1. The molecule has 166 valence electrons. The zero-order valence-electron chi connectivity index (χ0n) is 18.0. The van der Waals surface area contributed by atoms with Crippen molar-refractivity contribution in [2.75, 3.05) is 4.90 Å². The molecule has 0 spiro atoms. The molecule has 6 rings (SSSR count). The smallest absolute Gasteiger partial charge is 0.162 e. The lowest BCUT2D eigenvalue weighted by Gasteiger charge is -2.43. The van der Waals surface area contributed by atoms with E-state index in [-0.39, 0.29) is 35.1 Å². The van der Waals surface area contributed by atoms with Crippen molar-refractivity contribution in [1.29, 1.82) is 5.26 Å². The van der Waals surface area contributed by atoms with Gasteiger partial charge in [-0.1, -0.05) is 30.3 Å². The van der Waals surface area contributed by atoms with Gasteiger partial charge in [-0.05, 0) is 36.8 Å². The largest absolute Gasteiger partial charge is 0.469 e. The van der Waals surface area contributed by atoms with Gasteiger partial charge in [0, 0.05) is 34.7 Å². The summed E-state index contributed by atoms with van der Waals surface area (Å²) in [6.07, 6.45) is 2.28. The Morgan fingerprint density at radius 2 is 1.88 bits per heavy atom. The van der Waals surface area contributed by atoms with E-state index in [1.807, 2.05) is 35.2 Å². The van der Waals surface area contributed by atoms with E-state index < -0.39 is 11.7 Å². The molecule has 2 aliphatic heterocycles. The van der Waals surface area contributed by atoms with Crippen molar-refractivity contribution < 1.29 is 13.6 Å². The first-order valence-corrected chi connectivity index (χ1v) is 11.0. The third-order valence-corrected chi connectivity index (χ3v) is 6.71. The Bertz CT molecular complexity index is 1480. The van der Waals surface area contributed by atoms with Gasteiger partial charge in [0.1, 0.15) is 17.4 Å². The number of benzene rings is 2. The monoisotopic (exact) mass is 450 g/mol. The molecule has 6 nitrogen and oxygen atoms in total. The van der Waals surface area contributed by atoms with Crippen LogP contribution in [0.25, 0.3) is 0 Å². The summed E-state index contributed by atoms with van der Waals surface area (Å²) in [6, 6.07) is 19.6. The number of amidine groups is 1. The zero-order chi connectivity index (χ0) is 23.4. The minimum Gasteiger partial charge on any atom is -0.469 e. The van der Waals surface area contributed by atoms with Crippen LogP contribution in [0, 0.1) is 17.1 Å². The summed E-state index contributed by atoms with van der Waals surface area (Å²) in [5, 5.41) is 10.2. The van der Waals surface area contributed by atoms with Crippen LogP contribution in [0.1, 0.15) is 41.6 Å². The number of allylic oxidation sites excluding steroid dienone is 3. The van der Waals surface area contributed by atoms with E-state index >= 15 is 4.39 Å². The number of hydrogen-bond donors (Lipinski definition) is 1. The summed E-state index contributed by atoms with van der Waals surface area (Å²) in [7, 11) is 0. The minimum atomic E-state index is -0.862. The maximum atomic E-state index is 15.1. The number of halogens is 1. The molecule has 0 fully saturated rings. The number of aliphatic imine (C=N–C) groups is 1. The van der Waals surface area contributed by atoms with Gasteiger partial charge in [-0.15, -0.1) is 0 Å². The van der Waals surface area contributed by atoms with Gasteiger partial charge in [-0.3, -0.25) is 9.69 Å². The lowest BCUT2D eigenvalue weighted by molar-refractivity contribution is -0.116. The number of rotatable bonds is 2. The number of carbonyl (C=O) groups excluding carboxylic acids is 1. The summed E-state index contributed by atoms with van der Waals surface area (Å²) in [5.74, 6) is -0.332. The number of nitrogens with zero attached hydrogens (tertiary/aromatic N) is 3. The third kappa shape index (κ3) is 2.85. The highest BCUT2D eigenvalue weighted by atomic mass is 19.1. The van der Waals surface area contributed by atoms with Crippen LogP contribution in [-0.2, 0) is 4.79 Å². The molecule has 2 unspecified atom stereocenters. The summed E-state index contributed by atoms with van der Waals surface area (Å²) >= 11 is 0. The van der Waals surface area contributed by atoms with Crippen molar-refractivity contribution in [3.8, 4) is 6.07 Å². The molecule has 1 aromatic heterocycles. The molecule has 0 saturated heterocycles. The lowest BCUT2D eigenvalue weighted by Crippen LogP contribution is -2.40. The number of ketones is 1. The van der Waals surface area contributed by atoms with Crippen LogP contribution in [-0.4, -0.2) is 11.6 Å². The Morgan fingerprint density at radius 3 is 2.65 bits per heavy atom. The van der Waals surface area contributed by atoms with Gasteiger partial charge in [0.15, 0.2) is 11.6 Å². The molecule has 34 heavy (non-hydrogen) atoms. The molecule has 7 heteroatoms. The molecular weight excluding hydrogens is 431 g/mol. The molecular formula is C27H19FN4O2. The van der Waals surface area contributed by atoms with Gasteiger partial charge in [0.25, 0.3) is 0 Å². The van der Waals surface area contributed by atoms with Crippen molar-refractivity contribution >= 4 is 17.3 Å². The molecule has 3 aromatic rings. The SMILES string of the molecule is N#CC1=C2N=C(N)c3ccccc3N2C2=C(C(=O)CC(c3ccco3)C2)C1c1ccccc1F. The van der Waals surface area contributed by atoms with Gasteiger partial charge >= 0.3 is 0 Å². The average molecular weight is 450 g/mol. The van der Waals surface area contributed by atoms with E-state index in [9.17, 15) is 10.1 Å². The van der Waals surface area contributed by atoms with Crippen LogP contribution in [0.5, 0.6) is 0 Å². The van der Waals surface area contributed by atoms with Crippen LogP contribution < -0.4 is 10.6 Å². The predicted octanol–water partition coefficient (Wildman–Crippen LogP) is 4.88. The van der Waals surface area contributed by atoms with Gasteiger partial charge < -0.3 is 10.2 Å². The Kier molecular flexibility index (Phi) is 4.49. The van der Waals surface area contributed by atoms with Crippen LogP contribution in [0.4, 0.5) is 10.1 Å². The summed E-state index contributed by atoms with van der Waals surface area (Å²) < 4.78 is 20.7. The molecule has 2 atom stereocenters. The Morgan fingerprint density at radius 1 is 1.09 bits per heavy atom. The fourth-order valence-corrected chi connectivity index (χ4v) is 5.26. The van der Waals surface area contributed by atoms with E-state index in [1.54, 1.807) is 30.5 Å². The van der Waals surface area contributed by atoms with Gasteiger partial charge in [-0.2, -0.15) is 5.26 Å². The number of Topliss-reactive ketones (excluding diaryl/α,β-unsaturated/α-hetero) is 1. The first-order valence-electron chi connectivity index (χ1n) is 11.0. The molecule has 1 aliphatic carbocycles. The average Bonchev–Trinajstić information content (AvgIpc) is 3.39. The number of furan rings is 1. The van der Waals surface area contributed by atoms with Crippen LogP contribution in [0.15, 0.2) is 99.0 Å². The number of para-hydroxylation sites is 1. The molecule has 0 bridgehead atoms. The molecule has 0 saturated carbocycles. The molecule has 3 heterocycles. The van der Waals surface area contributed by atoms with Crippen LogP contribution in [0.3, 0.4) is 0 Å². The minimum absolute atomic E-state index is 0.136. The maximum Gasteiger partial charge on any atom is 0.162 e. The van der Waals surface area contributed by atoms with Gasteiger partial charge in [0.2, 0.25) is 0 Å². The fraction of sp³-hybridized carbons (Fsp3) is 0.148. The van der Waals surface area contributed by atoms with E-state index in [2.05, 4.69) is 11.1 Å². The fourth-order valence-electron chi connectivity index (χ4n) is 5.26. The second-order valence-corrected chi connectivity index (χ2v) is 8.56. The van der Waals surface area contributed by atoms with Crippen LogP contribution in [0.2, 0.25) is 0 Å². The Balaban J connectivity index is 1.65. The molecule has 3 aliphatic rings. The normalized spacial score (nSPS) is 21.5. The molecule has 2 N–H and O–H groups in total. The number of nitriles is 1. The van der Waals surface area contributed by atoms with E-state index in [4.69, 9.17) is 10.2 Å². The Hall–Kier alpha value is -4.44. The Labute approximate surface area is 195 Å². The third-order valence-electron chi connectivity index (χ3n) is 6.71. The summed E-state index contributed by atoms with van der Waals surface area (Å²) in [5.41, 5.74) is 9.35. The summed E-state index contributed by atoms with van der Waals surface area (Å²) in [6.45, 7) is 0. The number of hydrogen-bond acceptors (Lipinski definition) is 6. The molecule has 0 radical (unpaired) electrons. The lowest BCUT2D eigenvalue weighted by atomic mass is 9.72. The van der Waals surface area contributed by atoms with E-state index in [1.165, 1.54) is 6.07 Å². The molecule has 2 aromatic carbocycles. The van der Waals surface area contributed by atoms with E-state index in [0.717, 1.165) is 5.69 Å². The van der Waals surface area contributed by atoms with Gasteiger partial charge in [-0.25, -0.2) is 9.38 Å². The quantitative estimate of drug-likeness (QED) is 0.601. The van der Waals surface area contributed by atoms with E-state index in [0.29, 0.717) is 34.8 Å². The molecule has 0 amide bonds. The first-order chi connectivity index (χ1) is 16.6. The second-order valence-electron chi connectivity index (χ2n) is 8.56. The first kappa shape index (κ1) is 20.2. The van der Waals surface area contributed by atoms with Crippen molar-refractivity contribution in [2.45, 2.75) is 24.7 Å². The predicted molar refractivity (Wildman–Crippen MR) is 124 cm³/mol. The highest BCUT2D eigenvalue weighted by molar-refractivity contribution is 6.08. The highest BCUT2D eigenvalue weighted by Crippen LogP contribution is 2.52. The number of fused-ring (bicyclic) bond motifs is 4. The van der Waals surface area contributed by atoms with Crippen molar-refractivity contribution in [1.82, 2.24) is 0 Å². The summed E-state index contributed by atoms with van der Waals surface area (Å²) in [4.78, 5) is 20.1. The van der Waals surface area contributed by atoms with Crippen molar-refractivity contribution in [2.24, 2.45) is 10.7 Å². The number of carbonyl (C=O) groups is 1. The second kappa shape index (κ2) is 7.56.